The third kappa shape index (κ3) is 2.94. The number of thiazole rings is 1. The zero-order valence-electron chi connectivity index (χ0n) is 11.6. The molecule has 2 rings (SSSR count). The fourth-order valence-corrected chi connectivity index (χ4v) is 4.29. The summed E-state index contributed by atoms with van der Waals surface area (Å²) < 4.78 is 27.3. The van der Waals surface area contributed by atoms with Gasteiger partial charge in [-0.25, -0.2) is 13.4 Å². The fourth-order valence-electron chi connectivity index (χ4n) is 1.88. The number of benzene rings is 1. The Balaban J connectivity index is 2.37. The fraction of sp³-hybridized carbons (Fsp3) is 0.308. The van der Waals surface area contributed by atoms with Gasteiger partial charge in [-0.3, -0.25) is 4.72 Å². The van der Waals surface area contributed by atoms with E-state index in [1.54, 1.807) is 19.1 Å². The molecule has 0 aliphatic carbocycles. The number of nitrogens with two attached hydrogens (primary N) is 1. The van der Waals surface area contributed by atoms with E-state index in [0.717, 1.165) is 17.0 Å². The molecule has 3 N–H and O–H groups in total. The van der Waals surface area contributed by atoms with E-state index in [-0.39, 0.29) is 4.90 Å². The zero-order chi connectivity index (χ0) is 14.9. The zero-order valence-corrected chi connectivity index (χ0v) is 13.2. The number of hydrogen-bond acceptors (Lipinski definition) is 5. The molecule has 0 amide bonds. The molecule has 0 aliphatic heterocycles. The van der Waals surface area contributed by atoms with Crippen molar-refractivity contribution in [3.63, 3.8) is 0 Å². The van der Waals surface area contributed by atoms with E-state index >= 15 is 0 Å². The van der Waals surface area contributed by atoms with Gasteiger partial charge in [0.05, 0.1) is 10.6 Å². The van der Waals surface area contributed by atoms with Crippen molar-refractivity contribution < 1.29 is 8.42 Å². The molecule has 1 aromatic heterocycles. The SMILES string of the molecule is CCc1nc(NS(=O)(=O)c2cc(N)ccc2C)sc1C. The van der Waals surface area contributed by atoms with Crippen LogP contribution in [0.1, 0.15) is 23.1 Å². The monoisotopic (exact) mass is 311 g/mol. The lowest BCUT2D eigenvalue weighted by Gasteiger charge is -2.08. The number of aromatic nitrogens is 1. The lowest BCUT2D eigenvalue weighted by Crippen LogP contribution is -2.14. The van der Waals surface area contributed by atoms with Gasteiger partial charge < -0.3 is 5.73 Å². The summed E-state index contributed by atoms with van der Waals surface area (Å²) in [6.45, 7) is 5.65. The summed E-state index contributed by atoms with van der Waals surface area (Å²) in [5.74, 6) is 0. The summed E-state index contributed by atoms with van der Waals surface area (Å²) in [5.41, 5.74) is 7.64. The van der Waals surface area contributed by atoms with Crippen LogP contribution in [0, 0.1) is 13.8 Å². The summed E-state index contributed by atoms with van der Waals surface area (Å²) in [6.07, 6.45) is 0.779. The minimum absolute atomic E-state index is 0.184. The summed E-state index contributed by atoms with van der Waals surface area (Å²) in [6, 6.07) is 4.82. The molecule has 0 unspecified atom stereocenters. The van der Waals surface area contributed by atoms with Gasteiger partial charge >= 0.3 is 0 Å². The van der Waals surface area contributed by atoms with Crippen molar-refractivity contribution >= 4 is 32.2 Å². The second-order valence-electron chi connectivity index (χ2n) is 4.51. The van der Waals surface area contributed by atoms with E-state index in [1.165, 1.54) is 17.4 Å². The average Bonchev–Trinajstić information content (AvgIpc) is 2.71. The standard InChI is InChI=1S/C13H17N3O2S2/c1-4-11-9(3)19-13(15-11)16-20(17,18)12-7-10(14)6-5-8(12)2/h5-7H,4,14H2,1-3H3,(H,15,16). The van der Waals surface area contributed by atoms with Crippen LogP contribution in [0.2, 0.25) is 0 Å². The lowest BCUT2D eigenvalue weighted by molar-refractivity contribution is 0.600. The third-order valence-corrected chi connectivity index (χ3v) is 5.49. The molecule has 5 nitrogen and oxygen atoms in total. The number of aryl methyl sites for hydroxylation is 3. The molecule has 0 radical (unpaired) electrons. The summed E-state index contributed by atoms with van der Waals surface area (Å²) in [7, 11) is -3.66. The number of nitrogens with one attached hydrogen (secondary N) is 1. The van der Waals surface area contributed by atoms with Gasteiger partial charge in [-0.2, -0.15) is 0 Å². The van der Waals surface area contributed by atoms with Gasteiger partial charge in [0.15, 0.2) is 5.13 Å². The molecule has 0 bridgehead atoms. The van der Waals surface area contributed by atoms with Crippen LogP contribution in [-0.4, -0.2) is 13.4 Å². The van der Waals surface area contributed by atoms with Crippen molar-refractivity contribution in [3.8, 4) is 0 Å². The Morgan fingerprint density at radius 2 is 2.05 bits per heavy atom. The van der Waals surface area contributed by atoms with Gasteiger partial charge in [-0.1, -0.05) is 13.0 Å². The van der Waals surface area contributed by atoms with E-state index in [2.05, 4.69) is 9.71 Å². The first-order valence-electron chi connectivity index (χ1n) is 6.18. The number of nitrogens with zero attached hydrogens (tertiary/aromatic N) is 1. The lowest BCUT2D eigenvalue weighted by atomic mass is 10.2. The Morgan fingerprint density at radius 1 is 1.35 bits per heavy atom. The van der Waals surface area contributed by atoms with Crippen molar-refractivity contribution in [1.29, 1.82) is 0 Å². The van der Waals surface area contributed by atoms with Gasteiger partial charge in [-0.05, 0) is 38.0 Å². The molecule has 0 fully saturated rings. The van der Waals surface area contributed by atoms with Gasteiger partial charge in [0.1, 0.15) is 0 Å². The van der Waals surface area contributed by atoms with Crippen LogP contribution in [-0.2, 0) is 16.4 Å². The van der Waals surface area contributed by atoms with Crippen molar-refractivity contribution in [2.24, 2.45) is 0 Å². The largest absolute Gasteiger partial charge is 0.399 e. The molecule has 0 saturated carbocycles. The van der Waals surface area contributed by atoms with Crippen LogP contribution < -0.4 is 10.5 Å². The van der Waals surface area contributed by atoms with Crippen molar-refractivity contribution in [2.75, 3.05) is 10.5 Å². The van der Waals surface area contributed by atoms with Crippen LogP contribution in [0.15, 0.2) is 23.1 Å². The van der Waals surface area contributed by atoms with Crippen LogP contribution >= 0.6 is 11.3 Å². The molecule has 0 aliphatic rings. The highest BCUT2D eigenvalue weighted by molar-refractivity contribution is 7.93. The quantitative estimate of drug-likeness (QED) is 0.850. The Labute approximate surface area is 122 Å². The number of nitrogen functional groups attached to an aromatic ring is 1. The maximum atomic E-state index is 12.4. The Bertz CT molecular complexity index is 736. The van der Waals surface area contributed by atoms with E-state index in [4.69, 9.17) is 5.73 Å². The average molecular weight is 311 g/mol. The maximum Gasteiger partial charge on any atom is 0.264 e. The smallest absolute Gasteiger partial charge is 0.264 e. The van der Waals surface area contributed by atoms with Crippen molar-refractivity contribution in [2.45, 2.75) is 32.1 Å². The van der Waals surface area contributed by atoms with Crippen LogP contribution in [0.3, 0.4) is 0 Å². The first-order valence-corrected chi connectivity index (χ1v) is 8.48. The van der Waals surface area contributed by atoms with E-state index < -0.39 is 10.0 Å². The Morgan fingerprint density at radius 3 is 2.65 bits per heavy atom. The summed E-state index contributed by atoms with van der Waals surface area (Å²) >= 11 is 1.34. The minimum atomic E-state index is -3.66. The van der Waals surface area contributed by atoms with Gasteiger partial charge in [0.2, 0.25) is 0 Å². The number of anilines is 2. The molecule has 2 aromatic rings. The maximum absolute atomic E-state index is 12.4. The van der Waals surface area contributed by atoms with E-state index in [1.807, 2.05) is 13.8 Å². The molecule has 108 valence electrons. The first-order chi connectivity index (χ1) is 9.33. The normalized spacial score (nSPS) is 11.6. The van der Waals surface area contributed by atoms with Crippen LogP contribution in [0.4, 0.5) is 10.8 Å². The first kappa shape index (κ1) is 14.8. The third-order valence-electron chi connectivity index (χ3n) is 2.95. The molecule has 20 heavy (non-hydrogen) atoms. The van der Waals surface area contributed by atoms with Gasteiger partial charge in [0.25, 0.3) is 10.0 Å². The summed E-state index contributed by atoms with van der Waals surface area (Å²) in [5, 5.41) is 0.390. The molecule has 7 heteroatoms. The predicted octanol–water partition coefficient (Wildman–Crippen LogP) is 2.71. The highest BCUT2D eigenvalue weighted by atomic mass is 32.2. The van der Waals surface area contributed by atoms with E-state index in [0.29, 0.717) is 16.4 Å². The van der Waals surface area contributed by atoms with Crippen LogP contribution in [0.25, 0.3) is 0 Å². The van der Waals surface area contributed by atoms with Crippen molar-refractivity contribution in [3.05, 3.63) is 34.3 Å². The Hall–Kier alpha value is -1.60. The molecular formula is C13H17N3O2S2. The number of sulfonamides is 1. The molecule has 0 spiro atoms. The minimum Gasteiger partial charge on any atom is -0.399 e. The molecular weight excluding hydrogens is 294 g/mol. The second-order valence-corrected chi connectivity index (χ2v) is 7.36. The molecule has 0 saturated heterocycles. The second kappa shape index (κ2) is 5.41. The number of hydrogen-bond donors (Lipinski definition) is 2. The molecule has 1 aromatic carbocycles. The predicted molar refractivity (Wildman–Crippen MR) is 82.6 cm³/mol. The Kier molecular flexibility index (Phi) is 4.01. The van der Waals surface area contributed by atoms with Gasteiger partial charge in [0, 0.05) is 10.6 Å². The summed E-state index contributed by atoms with van der Waals surface area (Å²) in [4.78, 5) is 5.49. The highest BCUT2D eigenvalue weighted by Gasteiger charge is 2.19. The van der Waals surface area contributed by atoms with Crippen LogP contribution in [0.5, 0.6) is 0 Å². The van der Waals surface area contributed by atoms with Crippen molar-refractivity contribution in [1.82, 2.24) is 4.98 Å². The molecule has 0 atom stereocenters. The topological polar surface area (TPSA) is 85.1 Å². The van der Waals surface area contributed by atoms with E-state index in [9.17, 15) is 8.42 Å². The van der Waals surface area contributed by atoms with Gasteiger partial charge in [-0.15, -0.1) is 11.3 Å². The number of rotatable bonds is 4. The molecule has 1 heterocycles. The highest BCUT2D eigenvalue weighted by Crippen LogP contribution is 2.26.